The highest BCUT2D eigenvalue weighted by Crippen LogP contribution is 2.16. The van der Waals surface area contributed by atoms with E-state index in [1.165, 1.54) is 7.11 Å². The minimum atomic E-state index is -1.03. The maximum absolute atomic E-state index is 12.5. The van der Waals surface area contributed by atoms with E-state index < -0.39 is 11.5 Å². The molecule has 0 fully saturated rings. The Balaban J connectivity index is 2.00. The summed E-state index contributed by atoms with van der Waals surface area (Å²) in [7, 11) is 1.32. The van der Waals surface area contributed by atoms with E-state index in [1.54, 1.807) is 19.1 Å². The number of hydrogen-bond donors (Lipinski definition) is 1. The van der Waals surface area contributed by atoms with Crippen LogP contribution >= 0.6 is 0 Å². The van der Waals surface area contributed by atoms with Crippen molar-refractivity contribution in [2.75, 3.05) is 7.11 Å². The first-order chi connectivity index (χ1) is 12.5. The van der Waals surface area contributed by atoms with E-state index in [0.717, 1.165) is 17.7 Å². The molecule has 5 heteroatoms. The van der Waals surface area contributed by atoms with Gasteiger partial charge in [-0.2, -0.15) is 0 Å². The fourth-order valence-corrected chi connectivity index (χ4v) is 2.70. The molecule has 2 aromatic rings. The number of methoxy groups -OCH3 is 1. The van der Waals surface area contributed by atoms with Crippen LogP contribution in [0.1, 0.15) is 42.6 Å². The summed E-state index contributed by atoms with van der Waals surface area (Å²) in [5.41, 5.74) is 0.407. The van der Waals surface area contributed by atoms with Crippen LogP contribution in [0.15, 0.2) is 54.6 Å². The molecule has 0 bridgehead atoms. The van der Waals surface area contributed by atoms with Crippen molar-refractivity contribution in [3.63, 3.8) is 0 Å². The highest BCUT2D eigenvalue weighted by atomic mass is 16.5. The van der Waals surface area contributed by atoms with Gasteiger partial charge in [-0.25, -0.2) is 4.79 Å². The highest BCUT2D eigenvalue weighted by molar-refractivity contribution is 5.98. The van der Waals surface area contributed by atoms with Crippen LogP contribution in [0.25, 0.3) is 0 Å². The summed E-state index contributed by atoms with van der Waals surface area (Å²) >= 11 is 0. The molecule has 2 aromatic carbocycles. The highest BCUT2D eigenvalue weighted by Gasteiger charge is 2.35. The lowest BCUT2D eigenvalue weighted by atomic mass is 9.95. The van der Waals surface area contributed by atoms with E-state index in [4.69, 9.17) is 9.47 Å². The molecule has 1 atom stereocenters. The minimum absolute atomic E-state index is 0.304. The zero-order valence-electron chi connectivity index (χ0n) is 15.5. The van der Waals surface area contributed by atoms with Crippen LogP contribution in [0.3, 0.4) is 0 Å². The molecule has 0 aliphatic carbocycles. The summed E-state index contributed by atoms with van der Waals surface area (Å²) in [6, 6.07) is 16.7. The van der Waals surface area contributed by atoms with E-state index in [1.807, 2.05) is 49.4 Å². The lowest BCUT2D eigenvalue weighted by molar-refractivity contribution is -0.147. The second kappa shape index (κ2) is 9.04. The molecule has 0 aromatic heterocycles. The third-order valence-corrected chi connectivity index (χ3v) is 4.14. The van der Waals surface area contributed by atoms with Crippen LogP contribution in [0.2, 0.25) is 0 Å². The summed E-state index contributed by atoms with van der Waals surface area (Å²) in [6.07, 6.45) is 1.26. The SMILES string of the molecule is CCCC(C)(NC(=O)c1ccc(COc2ccccc2)cc1)C(=O)OC. The lowest BCUT2D eigenvalue weighted by Crippen LogP contribution is -2.52. The summed E-state index contributed by atoms with van der Waals surface area (Å²) < 4.78 is 10.5. The lowest BCUT2D eigenvalue weighted by Gasteiger charge is -2.27. The molecule has 0 saturated heterocycles. The third-order valence-electron chi connectivity index (χ3n) is 4.14. The Morgan fingerprint density at radius 2 is 1.69 bits per heavy atom. The van der Waals surface area contributed by atoms with E-state index in [9.17, 15) is 9.59 Å². The van der Waals surface area contributed by atoms with Crippen molar-refractivity contribution < 1.29 is 19.1 Å². The van der Waals surface area contributed by atoms with Gasteiger partial charge >= 0.3 is 5.97 Å². The molecule has 1 amide bonds. The summed E-state index contributed by atoms with van der Waals surface area (Å²) in [6.45, 7) is 4.05. The van der Waals surface area contributed by atoms with E-state index in [0.29, 0.717) is 18.6 Å². The molecular formula is C21H25NO4. The predicted octanol–water partition coefficient (Wildman–Crippen LogP) is 3.73. The normalized spacial score (nSPS) is 12.7. The first-order valence-electron chi connectivity index (χ1n) is 8.66. The summed E-state index contributed by atoms with van der Waals surface area (Å²) in [5.74, 6) is 0.0465. The molecule has 138 valence electrons. The number of amides is 1. The summed E-state index contributed by atoms with van der Waals surface area (Å²) in [4.78, 5) is 24.5. The first-order valence-corrected chi connectivity index (χ1v) is 8.66. The monoisotopic (exact) mass is 355 g/mol. The Kier molecular flexibility index (Phi) is 6.78. The minimum Gasteiger partial charge on any atom is -0.489 e. The van der Waals surface area contributed by atoms with Crippen molar-refractivity contribution in [1.29, 1.82) is 0 Å². The Hall–Kier alpha value is -2.82. The Bertz CT molecular complexity index is 727. The van der Waals surface area contributed by atoms with Crippen LogP contribution in [-0.2, 0) is 16.1 Å². The second-order valence-electron chi connectivity index (χ2n) is 6.33. The van der Waals surface area contributed by atoms with Crippen LogP contribution in [0.4, 0.5) is 0 Å². The van der Waals surface area contributed by atoms with Gasteiger partial charge in [-0.15, -0.1) is 0 Å². The molecule has 0 heterocycles. The second-order valence-corrected chi connectivity index (χ2v) is 6.33. The van der Waals surface area contributed by atoms with Crippen molar-refractivity contribution in [1.82, 2.24) is 5.32 Å². The number of nitrogens with one attached hydrogen (secondary N) is 1. The zero-order valence-corrected chi connectivity index (χ0v) is 15.5. The van der Waals surface area contributed by atoms with Gasteiger partial charge in [0.1, 0.15) is 17.9 Å². The molecule has 2 rings (SSSR count). The Morgan fingerprint density at radius 3 is 2.27 bits per heavy atom. The molecule has 1 N–H and O–H groups in total. The van der Waals surface area contributed by atoms with Gasteiger partial charge in [0.05, 0.1) is 7.11 Å². The quantitative estimate of drug-likeness (QED) is 0.733. The topological polar surface area (TPSA) is 64.6 Å². The van der Waals surface area contributed by atoms with Crippen molar-refractivity contribution in [2.45, 2.75) is 38.8 Å². The molecular weight excluding hydrogens is 330 g/mol. The zero-order chi connectivity index (χ0) is 19.0. The van der Waals surface area contributed by atoms with Crippen LogP contribution in [0.5, 0.6) is 5.75 Å². The number of carbonyl (C=O) groups is 2. The first kappa shape index (κ1) is 19.5. The van der Waals surface area contributed by atoms with Gasteiger partial charge in [-0.3, -0.25) is 4.79 Å². The van der Waals surface area contributed by atoms with Gasteiger partial charge in [0.15, 0.2) is 0 Å². The van der Waals surface area contributed by atoms with Crippen LogP contribution in [-0.4, -0.2) is 24.5 Å². The molecule has 0 spiro atoms. The van der Waals surface area contributed by atoms with Gasteiger partial charge in [-0.1, -0.05) is 43.7 Å². The predicted molar refractivity (Wildman–Crippen MR) is 100 cm³/mol. The van der Waals surface area contributed by atoms with E-state index in [2.05, 4.69) is 5.32 Å². The van der Waals surface area contributed by atoms with Gasteiger partial charge in [0.2, 0.25) is 0 Å². The fraction of sp³-hybridized carbons (Fsp3) is 0.333. The fourth-order valence-electron chi connectivity index (χ4n) is 2.70. The van der Waals surface area contributed by atoms with Crippen molar-refractivity contribution in [3.8, 4) is 5.75 Å². The number of rotatable bonds is 8. The van der Waals surface area contributed by atoms with Crippen molar-refractivity contribution in [3.05, 3.63) is 65.7 Å². The molecule has 0 saturated carbocycles. The maximum atomic E-state index is 12.5. The van der Waals surface area contributed by atoms with Crippen LogP contribution < -0.4 is 10.1 Å². The molecule has 0 aliphatic heterocycles. The number of carbonyl (C=O) groups excluding carboxylic acids is 2. The maximum Gasteiger partial charge on any atom is 0.331 e. The summed E-state index contributed by atoms with van der Waals surface area (Å²) in [5, 5.41) is 2.79. The van der Waals surface area contributed by atoms with Crippen LogP contribution in [0, 0.1) is 0 Å². The number of hydrogen-bond acceptors (Lipinski definition) is 4. The molecule has 26 heavy (non-hydrogen) atoms. The van der Waals surface area contributed by atoms with Gasteiger partial charge < -0.3 is 14.8 Å². The van der Waals surface area contributed by atoms with Gasteiger partial charge in [0, 0.05) is 5.56 Å². The average Bonchev–Trinajstić information content (AvgIpc) is 2.67. The third kappa shape index (κ3) is 5.09. The molecule has 1 unspecified atom stereocenters. The Labute approximate surface area is 154 Å². The molecule has 0 aliphatic rings. The smallest absolute Gasteiger partial charge is 0.331 e. The average molecular weight is 355 g/mol. The van der Waals surface area contributed by atoms with Crippen molar-refractivity contribution in [2.24, 2.45) is 0 Å². The number of esters is 1. The molecule has 5 nitrogen and oxygen atoms in total. The van der Waals surface area contributed by atoms with E-state index in [-0.39, 0.29) is 5.91 Å². The number of para-hydroxylation sites is 1. The largest absolute Gasteiger partial charge is 0.489 e. The van der Waals surface area contributed by atoms with Crippen molar-refractivity contribution >= 4 is 11.9 Å². The Morgan fingerprint density at radius 1 is 1.04 bits per heavy atom. The number of ether oxygens (including phenoxy) is 2. The van der Waals surface area contributed by atoms with Gasteiger partial charge in [-0.05, 0) is 43.2 Å². The number of benzene rings is 2. The molecule has 0 radical (unpaired) electrons. The standard InChI is InChI=1S/C21H25NO4/c1-4-14-21(2,20(24)25-3)22-19(23)17-12-10-16(11-13-17)15-26-18-8-6-5-7-9-18/h5-13H,4,14-15H2,1-3H3,(H,22,23). The van der Waals surface area contributed by atoms with Gasteiger partial charge in [0.25, 0.3) is 5.91 Å². The van der Waals surface area contributed by atoms with E-state index >= 15 is 0 Å².